The van der Waals surface area contributed by atoms with Crippen LogP contribution in [0.1, 0.15) is 79.6 Å². The fourth-order valence-electron chi connectivity index (χ4n) is 2.73. The van der Waals surface area contributed by atoms with Gasteiger partial charge >= 0.3 is 7.60 Å². The van der Waals surface area contributed by atoms with Gasteiger partial charge in [-0.1, -0.05) is 34.9 Å². The van der Waals surface area contributed by atoms with Crippen LogP contribution in [-0.2, 0) is 19.2 Å². The van der Waals surface area contributed by atoms with Gasteiger partial charge in [0, 0.05) is 0 Å². The van der Waals surface area contributed by atoms with Gasteiger partial charge in [-0.2, -0.15) is 8.42 Å². The van der Waals surface area contributed by atoms with E-state index < -0.39 is 22.7 Å². The van der Waals surface area contributed by atoms with Crippen molar-refractivity contribution in [3.8, 4) is 0 Å². The Morgan fingerprint density at radius 1 is 1.00 bits per heavy atom. The van der Waals surface area contributed by atoms with Crippen molar-refractivity contribution >= 4 is 17.7 Å². The molecule has 0 saturated carbocycles. The smallest absolute Gasteiger partial charge is 0.323 e. The van der Waals surface area contributed by atoms with E-state index >= 15 is 0 Å². The van der Waals surface area contributed by atoms with Crippen molar-refractivity contribution in [3.63, 3.8) is 0 Å². The van der Waals surface area contributed by atoms with Gasteiger partial charge in [0.05, 0.1) is 6.61 Å². The molecule has 0 aromatic carbocycles. The molecule has 2 N–H and O–H groups in total. The predicted molar refractivity (Wildman–Crippen MR) is 116 cm³/mol. The van der Waals surface area contributed by atoms with E-state index in [4.69, 9.17) is 0 Å². The summed E-state index contributed by atoms with van der Waals surface area (Å²) < 4.78 is 48.7. The molecule has 164 valence electrons. The lowest BCUT2D eigenvalue weighted by Crippen LogP contribution is -2.22. The Morgan fingerprint density at radius 2 is 1.50 bits per heavy atom. The van der Waals surface area contributed by atoms with Crippen LogP contribution in [0.25, 0.3) is 0 Å². The molecular weight excluding hydrogens is 399 g/mol. The van der Waals surface area contributed by atoms with E-state index in [-0.39, 0.29) is 13.0 Å². The number of hydrogen-bond donors (Lipinski definition) is 2. The minimum Gasteiger partial charge on any atom is -0.323 e. The molecule has 8 heteroatoms. The van der Waals surface area contributed by atoms with Crippen molar-refractivity contribution in [2.24, 2.45) is 0 Å². The highest BCUT2D eigenvalue weighted by Gasteiger charge is 2.41. The maximum atomic E-state index is 12.0. The molecule has 0 aromatic heterocycles. The van der Waals surface area contributed by atoms with Gasteiger partial charge in [0.25, 0.3) is 10.1 Å². The van der Waals surface area contributed by atoms with E-state index in [2.05, 4.69) is 37.4 Å². The average molecular weight is 437 g/mol. The largest absolute Gasteiger partial charge is 0.348 e. The summed E-state index contributed by atoms with van der Waals surface area (Å²) in [5, 5.41) is 0. The molecule has 6 nitrogen and oxygen atoms in total. The molecule has 0 heterocycles. The molecule has 0 spiro atoms. The highest BCUT2D eigenvalue weighted by molar-refractivity contribution is 7.93. The summed E-state index contributed by atoms with van der Waals surface area (Å²) in [6.07, 6.45) is 11.3. The second-order valence-electron chi connectivity index (χ2n) is 7.34. The van der Waals surface area contributed by atoms with E-state index in [0.29, 0.717) is 12.8 Å². The van der Waals surface area contributed by atoms with E-state index in [0.717, 1.165) is 25.7 Å². The van der Waals surface area contributed by atoms with Gasteiger partial charge in [-0.15, -0.1) is 0 Å². The molecule has 2 atom stereocenters. The molecule has 0 fully saturated rings. The van der Waals surface area contributed by atoms with Crippen molar-refractivity contribution < 1.29 is 27.0 Å². The normalized spacial score (nSPS) is 16.5. The van der Waals surface area contributed by atoms with E-state index in [1.165, 1.54) is 23.6 Å². The summed E-state index contributed by atoms with van der Waals surface area (Å²) in [7, 11) is -9.06. The van der Waals surface area contributed by atoms with Crippen molar-refractivity contribution in [3.05, 3.63) is 34.9 Å². The molecule has 28 heavy (non-hydrogen) atoms. The molecule has 0 aliphatic heterocycles. The number of unbranched alkanes of at least 4 members (excludes halogenated alkanes) is 1. The molecule has 0 aromatic rings. The zero-order valence-corrected chi connectivity index (χ0v) is 19.6. The summed E-state index contributed by atoms with van der Waals surface area (Å²) in [4.78, 5) is 7.96. The summed E-state index contributed by atoms with van der Waals surface area (Å²) in [6, 6.07) is 0. The van der Waals surface area contributed by atoms with Crippen molar-refractivity contribution in [1.82, 2.24) is 0 Å². The Kier molecular flexibility index (Phi) is 13.1. The topological polar surface area (TPSA) is 101 Å². The average Bonchev–Trinajstić information content (AvgIpc) is 2.52. The Bertz CT molecular complexity index is 702. The molecule has 0 aliphatic rings. The van der Waals surface area contributed by atoms with Gasteiger partial charge < -0.3 is 9.42 Å². The van der Waals surface area contributed by atoms with Crippen LogP contribution in [0, 0.1) is 0 Å². The van der Waals surface area contributed by atoms with Crippen molar-refractivity contribution in [2.75, 3.05) is 6.61 Å². The molecule has 0 rings (SSSR count). The summed E-state index contributed by atoms with van der Waals surface area (Å²) >= 11 is 0. The maximum Gasteiger partial charge on any atom is 0.348 e. The third-order valence-electron chi connectivity index (χ3n) is 4.29. The van der Waals surface area contributed by atoms with Crippen molar-refractivity contribution in [1.29, 1.82) is 0 Å². The lowest BCUT2D eigenvalue weighted by molar-refractivity contribution is 0.268. The molecular formula is C20H37O6PS. The van der Waals surface area contributed by atoms with Crippen LogP contribution in [0.4, 0.5) is 0 Å². The van der Waals surface area contributed by atoms with Crippen LogP contribution in [0.15, 0.2) is 34.9 Å². The van der Waals surface area contributed by atoms with Gasteiger partial charge in [0.15, 0.2) is 4.99 Å². The van der Waals surface area contributed by atoms with Gasteiger partial charge in [-0.05, 0) is 79.6 Å². The maximum absolute atomic E-state index is 12.0. The molecule has 0 saturated heterocycles. The lowest BCUT2D eigenvalue weighted by Gasteiger charge is -2.19. The van der Waals surface area contributed by atoms with Crippen LogP contribution in [0.2, 0.25) is 0 Å². The Balaban J connectivity index is 4.46. The van der Waals surface area contributed by atoms with Gasteiger partial charge in [-0.25, -0.2) is 0 Å². The Hall–Kier alpha value is -0.720. The minimum absolute atomic E-state index is 0.0971. The van der Waals surface area contributed by atoms with Gasteiger partial charge in [-0.3, -0.25) is 9.12 Å². The molecule has 0 aliphatic carbocycles. The first kappa shape index (κ1) is 27.3. The standard InChI is InChI=1S/C20H37O6PS/c1-6-26-27(21,22)20(28(23,24)25)16-8-7-12-18(4)14-10-15-19(5)13-9-11-17(2)3/h11-12,15,20H,6-10,13-14,16H2,1-5H3,(H,21,22)(H,23,24,25)/b18-12+,19-15+. The second kappa shape index (κ2) is 13.5. The number of allylic oxidation sites excluding steroid dienone is 6. The fourth-order valence-corrected chi connectivity index (χ4v) is 5.77. The zero-order chi connectivity index (χ0) is 21.8. The lowest BCUT2D eigenvalue weighted by atomic mass is 10.1. The SMILES string of the molecule is CCOP(=O)(O)C(CCC/C=C(\C)CC/C=C(\C)CCC=C(C)C)S(=O)(=O)O. The van der Waals surface area contributed by atoms with E-state index in [1.807, 2.05) is 13.0 Å². The minimum atomic E-state index is -4.65. The Labute approximate surface area is 171 Å². The number of hydrogen-bond acceptors (Lipinski definition) is 4. The second-order valence-corrected chi connectivity index (χ2v) is 11.3. The first-order valence-corrected chi connectivity index (χ1v) is 12.9. The van der Waals surface area contributed by atoms with E-state index in [1.54, 1.807) is 0 Å². The fraction of sp³-hybridized carbons (Fsp3) is 0.700. The molecule has 0 radical (unpaired) electrons. The molecule has 2 unspecified atom stereocenters. The van der Waals surface area contributed by atoms with Crippen LogP contribution in [-0.4, -0.2) is 29.5 Å². The van der Waals surface area contributed by atoms with E-state index in [9.17, 15) is 22.4 Å². The monoisotopic (exact) mass is 436 g/mol. The van der Waals surface area contributed by atoms with Crippen molar-refractivity contribution in [2.45, 2.75) is 84.6 Å². The zero-order valence-electron chi connectivity index (χ0n) is 17.8. The first-order valence-electron chi connectivity index (χ1n) is 9.78. The van der Waals surface area contributed by atoms with Crippen LogP contribution < -0.4 is 0 Å². The summed E-state index contributed by atoms with van der Waals surface area (Å²) in [6.45, 7) is 9.75. The van der Waals surface area contributed by atoms with Gasteiger partial charge in [0.2, 0.25) is 0 Å². The molecule has 0 amide bonds. The first-order chi connectivity index (χ1) is 12.9. The highest BCUT2D eigenvalue weighted by Crippen LogP contribution is 2.51. The quantitative estimate of drug-likeness (QED) is 0.150. The van der Waals surface area contributed by atoms with Crippen LogP contribution >= 0.6 is 7.60 Å². The third kappa shape index (κ3) is 12.7. The van der Waals surface area contributed by atoms with Crippen LogP contribution in [0.5, 0.6) is 0 Å². The molecule has 0 bridgehead atoms. The summed E-state index contributed by atoms with van der Waals surface area (Å²) in [5.74, 6) is 0. The number of rotatable bonds is 14. The summed E-state index contributed by atoms with van der Waals surface area (Å²) in [5.41, 5.74) is 3.89. The Morgan fingerprint density at radius 3 is 1.96 bits per heavy atom. The third-order valence-corrected chi connectivity index (χ3v) is 8.43. The van der Waals surface area contributed by atoms with Gasteiger partial charge in [0.1, 0.15) is 0 Å². The predicted octanol–water partition coefficient (Wildman–Crippen LogP) is 6.01. The van der Waals surface area contributed by atoms with Crippen LogP contribution in [0.3, 0.4) is 0 Å². The highest BCUT2D eigenvalue weighted by atomic mass is 32.2.